The molecule has 0 aromatic carbocycles. The molecule has 1 aliphatic heterocycles. The topological polar surface area (TPSA) is 96.6 Å². The van der Waals surface area contributed by atoms with Gasteiger partial charge in [-0.3, -0.25) is 14.9 Å². The van der Waals surface area contributed by atoms with Crippen LogP contribution in [0.1, 0.15) is 12.5 Å². The summed E-state index contributed by atoms with van der Waals surface area (Å²) < 4.78 is 0. The highest BCUT2D eigenvalue weighted by molar-refractivity contribution is 5.70. The van der Waals surface area contributed by atoms with Crippen molar-refractivity contribution in [3.8, 4) is 0 Å². The van der Waals surface area contributed by atoms with Gasteiger partial charge in [0, 0.05) is 24.6 Å². The molecule has 0 radical (unpaired) electrons. The molecule has 19 heavy (non-hydrogen) atoms. The van der Waals surface area contributed by atoms with E-state index in [-0.39, 0.29) is 17.5 Å². The van der Waals surface area contributed by atoms with Crippen molar-refractivity contribution in [2.75, 3.05) is 18.0 Å². The fraction of sp³-hybridized carbons (Fsp3) is 0.500. The molecule has 1 N–H and O–H groups in total. The molecule has 0 amide bonds. The molecule has 102 valence electrons. The van der Waals surface area contributed by atoms with Gasteiger partial charge in [-0.05, 0) is 13.0 Å². The molecule has 1 aliphatic rings. The second-order valence-electron chi connectivity index (χ2n) is 4.88. The van der Waals surface area contributed by atoms with Crippen LogP contribution in [-0.4, -0.2) is 34.1 Å². The maximum absolute atomic E-state index is 10.8. The summed E-state index contributed by atoms with van der Waals surface area (Å²) in [7, 11) is 0. The van der Waals surface area contributed by atoms with Gasteiger partial charge in [-0.1, -0.05) is 6.92 Å². The molecule has 0 spiro atoms. The number of nitro groups is 1. The van der Waals surface area contributed by atoms with Crippen LogP contribution in [0.15, 0.2) is 12.3 Å². The zero-order valence-electron chi connectivity index (χ0n) is 10.7. The van der Waals surface area contributed by atoms with Gasteiger partial charge in [-0.25, -0.2) is 4.98 Å². The van der Waals surface area contributed by atoms with E-state index in [1.165, 1.54) is 6.20 Å². The third-order valence-electron chi connectivity index (χ3n) is 3.60. The lowest BCUT2D eigenvalue weighted by Crippen LogP contribution is -2.51. The summed E-state index contributed by atoms with van der Waals surface area (Å²) in [4.78, 5) is 27.1. The summed E-state index contributed by atoms with van der Waals surface area (Å²) in [5, 5.41) is 19.6. The Morgan fingerprint density at radius 1 is 1.63 bits per heavy atom. The minimum atomic E-state index is -0.794. The molecule has 7 nitrogen and oxygen atoms in total. The Balaban J connectivity index is 2.04. The van der Waals surface area contributed by atoms with Crippen molar-refractivity contribution in [2.24, 2.45) is 11.8 Å². The number of carboxylic acids is 1. The van der Waals surface area contributed by atoms with Gasteiger partial charge in [0.25, 0.3) is 5.69 Å². The number of rotatable bonds is 4. The molecule has 1 aromatic heterocycles. The maximum atomic E-state index is 10.8. The number of nitrogens with zero attached hydrogens (tertiary/aromatic N) is 3. The monoisotopic (exact) mass is 265 g/mol. The highest BCUT2D eigenvalue weighted by Crippen LogP contribution is 2.30. The van der Waals surface area contributed by atoms with Crippen molar-refractivity contribution >= 4 is 17.5 Å². The van der Waals surface area contributed by atoms with E-state index in [2.05, 4.69) is 4.98 Å². The summed E-state index contributed by atoms with van der Waals surface area (Å²) in [5.41, 5.74) is 0.560. The van der Waals surface area contributed by atoms with E-state index in [0.29, 0.717) is 24.5 Å². The van der Waals surface area contributed by atoms with Gasteiger partial charge in [0.15, 0.2) is 0 Å². The Kier molecular flexibility index (Phi) is 3.37. The fourth-order valence-corrected chi connectivity index (χ4v) is 2.12. The van der Waals surface area contributed by atoms with E-state index in [1.54, 1.807) is 19.9 Å². The van der Waals surface area contributed by atoms with Gasteiger partial charge in [-0.2, -0.15) is 0 Å². The van der Waals surface area contributed by atoms with Crippen LogP contribution < -0.4 is 4.90 Å². The Morgan fingerprint density at radius 3 is 2.74 bits per heavy atom. The van der Waals surface area contributed by atoms with Crippen molar-refractivity contribution in [2.45, 2.75) is 13.8 Å². The quantitative estimate of drug-likeness (QED) is 0.653. The minimum absolute atomic E-state index is 0.000252. The lowest BCUT2D eigenvalue weighted by atomic mass is 9.87. The van der Waals surface area contributed by atoms with Crippen molar-refractivity contribution in [1.82, 2.24) is 4.98 Å². The molecule has 1 atom stereocenters. The molecule has 2 heterocycles. The zero-order valence-corrected chi connectivity index (χ0v) is 10.7. The van der Waals surface area contributed by atoms with Crippen LogP contribution in [0.2, 0.25) is 0 Å². The SMILES string of the molecule is Cc1cc(N2CC(C(C)C(=O)O)C2)ncc1[N+](=O)[O-]. The number of aliphatic carboxylic acids is 1. The second kappa shape index (κ2) is 4.83. The van der Waals surface area contributed by atoms with E-state index < -0.39 is 10.9 Å². The summed E-state index contributed by atoms with van der Waals surface area (Å²) in [5.74, 6) is -0.403. The molecule has 1 saturated heterocycles. The van der Waals surface area contributed by atoms with Crippen LogP contribution in [0, 0.1) is 28.9 Å². The van der Waals surface area contributed by atoms with E-state index in [9.17, 15) is 14.9 Å². The predicted octanol–water partition coefficient (Wildman–Crippen LogP) is 1.46. The lowest BCUT2D eigenvalue weighted by Gasteiger charge is -2.42. The lowest BCUT2D eigenvalue weighted by molar-refractivity contribution is -0.385. The minimum Gasteiger partial charge on any atom is -0.481 e. The van der Waals surface area contributed by atoms with E-state index in [1.807, 2.05) is 4.90 Å². The first-order valence-corrected chi connectivity index (χ1v) is 5.99. The first-order chi connectivity index (χ1) is 8.90. The Morgan fingerprint density at radius 2 is 2.26 bits per heavy atom. The first-order valence-electron chi connectivity index (χ1n) is 5.99. The van der Waals surface area contributed by atoms with E-state index in [0.717, 1.165) is 0 Å². The Bertz CT molecular complexity index is 526. The molecule has 0 saturated carbocycles. The summed E-state index contributed by atoms with van der Waals surface area (Å²) >= 11 is 0. The molecular weight excluding hydrogens is 250 g/mol. The van der Waals surface area contributed by atoms with Crippen molar-refractivity contribution in [3.63, 3.8) is 0 Å². The van der Waals surface area contributed by atoms with Crippen LogP contribution in [-0.2, 0) is 4.79 Å². The molecule has 0 aliphatic carbocycles. The molecule has 1 aromatic rings. The van der Waals surface area contributed by atoms with Crippen LogP contribution in [0.25, 0.3) is 0 Å². The largest absolute Gasteiger partial charge is 0.481 e. The van der Waals surface area contributed by atoms with Gasteiger partial charge < -0.3 is 10.0 Å². The highest BCUT2D eigenvalue weighted by atomic mass is 16.6. The third-order valence-corrected chi connectivity index (χ3v) is 3.60. The highest BCUT2D eigenvalue weighted by Gasteiger charge is 2.35. The van der Waals surface area contributed by atoms with Gasteiger partial charge in [0.1, 0.15) is 12.0 Å². The van der Waals surface area contributed by atoms with E-state index >= 15 is 0 Å². The standard InChI is InChI=1S/C12H15N3O4/c1-7-3-11(13-4-10(7)15(18)19)14-5-9(6-14)8(2)12(16)17/h3-4,8-9H,5-6H2,1-2H3,(H,16,17). The molecule has 7 heteroatoms. The Hall–Kier alpha value is -2.18. The fourth-order valence-electron chi connectivity index (χ4n) is 2.12. The summed E-state index contributed by atoms with van der Waals surface area (Å²) in [6, 6.07) is 1.67. The van der Waals surface area contributed by atoms with Crippen molar-refractivity contribution in [1.29, 1.82) is 0 Å². The number of anilines is 1. The van der Waals surface area contributed by atoms with Crippen molar-refractivity contribution in [3.05, 3.63) is 27.9 Å². The van der Waals surface area contributed by atoms with Gasteiger partial charge in [0.05, 0.1) is 10.8 Å². The number of carbonyl (C=O) groups is 1. The Labute approximate surface area is 110 Å². The maximum Gasteiger partial charge on any atom is 0.306 e. The summed E-state index contributed by atoms with van der Waals surface area (Å²) in [6.45, 7) is 4.61. The normalized spacial score (nSPS) is 16.8. The summed E-state index contributed by atoms with van der Waals surface area (Å²) in [6.07, 6.45) is 1.25. The number of hydrogen-bond donors (Lipinski definition) is 1. The number of pyridine rings is 1. The van der Waals surface area contributed by atoms with Crippen LogP contribution in [0.4, 0.5) is 11.5 Å². The number of hydrogen-bond acceptors (Lipinski definition) is 5. The molecule has 0 bridgehead atoms. The smallest absolute Gasteiger partial charge is 0.306 e. The van der Waals surface area contributed by atoms with E-state index in [4.69, 9.17) is 5.11 Å². The average Bonchev–Trinajstić information content (AvgIpc) is 2.26. The number of aryl methyl sites for hydroxylation is 1. The van der Waals surface area contributed by atoms with Gasteiger partial charge >= 0.3 is 5.97 Å². The molecule has 1 unspecified atom stereocenters. The molecular formula is C12H15N3O4. The van der Waals surface area contributed by atoms with Gasteiger partial charge in [0.2, 0.25) is 0 Å². The number of aromatic nitrogens is 1. The first kappa shape index (κ1) is 13.3. The second-order valence-corrected chi connectivity index (χ2v) is 4.88. The van der Waals surface area contributed by atoms with Crippen LogP contribution >= 0.6 is 0 Å². The van der Waals surface area contributed by atoms with Crippen LogP contribution in [0.3, 0.4) is 0 Å². The van der Waals surface area contributed by atoms with Crippen LogP contribution in [0.5, 0.6) is 0 Å². The van der Waals surface area contributed by atoms with Gasteiger partial charge in [-0.15, -0.1) is 0 Å². The molecule has 2 rings (SSSR count). The number of carboxylic acid groups (broad SMARTS) is 1. The zero-order chi connectivity index (χ0) is 14.2. The molecule has 1 fully saturated rings. The van der Waals surface area contributed by atoms with Crippen molar-refractivity contribution < 1.29 is 14.8 Å². The predicted molar refractivity (Wildman–Crippen MR) is 68.1 cm³/mol. The third kappa shape index (κ3) is 2.49. The average molecular weight is 265 g/mol.